The van der Waals surface area contributed by atoms with Crippen LogP contribution in [0.3, 0.4) is 0 Å². The number of aliphatic imine (C=N–C) groups is 2. The van der Waals surface area contributed by atoms with Crippen LogP contribution in [0.15, 0.2) is 28.2 Å². The highest BCUT2D eigenvalue weighted by molar-refractivity contribution is 5.71. The molecule has 0 bridgehead atoms. The maximum Gasteiger partial charge on any atom is 0.240 e. The third-order valence-electron chi connectivity index (χ3n) is 1.33. The smallest absolute Gasteiger partial charge is 0.240 e. The lowest BCUT2D eigenvalue weighted by Crippen LogP contribution is -1.82. The van der Waals surface area contributed by atoms with Crippen molar-refractivity contribution in [1.29, 1.82) is 0 Å². The normalized spacial score (nSPS) is 8.31. The fourth-order valence-electron chi connectivity index (χ4n) is 0.823. The molecule has 1 aromatic rings. The number of nitrogens with two attached hydrogens (primary N) is 1. The van der Waals surface area contributed by atoms with Crippen LogP contribution in [0.1, 0.15) is 0 Å². The highest BCUT2D eigenvalue weighted by Gasteiger charge is 1.99. The van der Waals surface area contributed by atoms with Gasteiger partial charge in [-0.1, -0.05) is 0 Å². The molecule has 0 fully saturated rings. The van der Waals surface area contributed by atoms with Gasteiger partial charge in [-0.3, -0.25) is 0 Å². The minimum Gasteiger partial charge on any atom is -0.399 e. The molecule has 0 amide bonds. The third-order valence-corrected chi connectivity index (χ3v) is 1.33. The second-order valence-electron chi connectivity index (χ2n) is 2.15. The van der Waals surface area contributed by atoms with Crippen LogP contribution in [0, 0.1) is 0 Å². The zero-order valence-electron chi connectivity index (χ0n) is 6.52. The van der Waals surface area contributed by atoms with Crippen LogP contribution in [0.4, 0.5) is 17.1 Å². The highest BCUT2D eigenvalue weighted by Crippen LogP contribution is 2.28. The number of hydrogen-bond acceptors (Lipinski definition) is 5. The van der Waals surface area contributed by atoms with Crippen LogP contribution in [-0.4, -0.2) is 12.2 Å². The van der Waals surface area contributed by atoms with Crippen molar-refractivity contribution in [2.75, 3.05) is 5.73 Å². The number of rotatable bonds is 2. The van der Waals surface area contributed by atoms with Crippen molar-refractivity contribution in [2.24, 2.45) is 9.98 Å². The minimum absolute atomic E-state index is 0.207. The topological polar surface area (TPSA) is 84.9 Å². The van der Waals surface area contributed by atoms with Gasteiger partial charge in [0.1, 0.15) is 11.4 Å². The fraction of sp³-hybridized carbons (Fsp3) is 0. The highest BCUT2D eigenvalue weighted by atomic mass is 16.1. The van der Waals surface area contributed by atoms with E-state index in [0.29, 0.717) is 5.69 Å². The van der Waals surface area contributed by atoms with E-state index >= 15 is 0 Å². The molecular formula is C8H5N3O2. The number of benzene rings is 1. The lowest BCUT2D eigenvalue weighted by molar-refractivity contribution is 0.564. The summed E-state index contributed by atoms with van der Waals surface area (Å²) in [6, 6.07) is 4.43. The van der Waals surface area contributed by atoms with Gasteiger partial charge in [-0.05, 0) is 18.2 Å². The van der Waals surface area contributed by atoms with E-state index in [1.165, 1.54) is 24.3 Å². The number of nitrogen functional groups attached to an aromatic ring is 1. The molecule has 1 aromatic carbocycles. The van der Waals surface area contributed by atoms with Crippen molar-refractivity contribution in [3.05, 3.63) is 18.2 Å². The van der Waals surface area contributed by atoms with E-state index < -0.39 is 0 Å². The van der Waals surface area contributed by atoms with Crippen LogP contribution in [0.5, 0.6) is 0 Å². The Morgan fingerprint density at radius 1 is 1.08 bits per heavy atom. The summed E-state index contributed by atoms with van der Waals surface area (Å²) in [5, 5.41) is 0. The Morgan fingerprint density at radius 2 is 1.69 bits per heavy atom. The van der Waals surface area contributed by atoms with Gasteiger partial charge in [0, 0.05) is 5.69 Å². The van der Waals surface area contributed by atoms with E-state index in [1.54, 1.807) is 6.07 Å². The zero-order chi connectivity index (χ0) is 9.68. The predicted octanol–water partition coefficient (Wildman–Crippen LogP) is 1.20. The Bertz CT molecular complexity index is 415. The van der Waals surface area contributed by atoms with Crippen LogP contribution >= 0.6 is 0 Å². The van der Waals surface area contributed by atoms with E-state index in [2.05, 4.69) is 9.98 Å². The Kier molecular flexibility index (Phi) is 2.71. The molecule has 5 nitrogen and oxygen atoms in total. The molecule has 64 valence electrons. The molecule has 0 saturated carbocycles. The first-order valence-corrected chi connectivity index (χ1v) is 3.33. The molecule has 0 heterocycles. The molecule has 0 spiro atoms. The van der Waals surface area contributed by atoms with Crippen molar-refractivity contribution < 1.29 is 9.59 Å². The van der Waals surface area contributed by atoms with Gasteiger partial charge >= 0.3 is 0 Å². The quantitative estimate of drug-likeness (QED) is 0.416. The average molecular weight is 175 g/mol. The van der Waals surface area contributed by atoms with Crippen molar-refractivity contribution >= 4 is 29.2 Å². The maximum atomic E-state index is 9.97. The van der Waals surface area contributed by atoms with Crippen LogP contribution in [0.2, 0.25) is 0 Å². The molecule has 1 rings (SSSR count). The van der Waals surface area contributed by atoms with Gasteiger partial charge in [0.25, 0.3) is 0 Å². The number of anilines is 1. The lowest BCUT2D eigenvalue weighted by Gasteiger charge is -1.96. The van der Waals surface area contributed by atoms with Crippen molar-refractivity contribution in [3.63, 3.8) is 0 Å². The first-order valence-electron chi connectivity index (χ1n) is 3.33. The second kappa shape index (κ2) is 3.97. The van der Waals surface area contributed by atoms with E-state index in [-0.39, 0.29) is 11.4 Å². The number of carbonyl (C=O) groups excluding carboxylic acids is 2. The van der Waals surface area contributed by atoms with Gasteiger partial charge in [0.2, 0.25) is 12.2 Å². The average Bonchev–Trinajstić information content (AvgIpc) is 2.10. The largest absolute Gasteiger partial charge is 0.399 e. The van der Waals surface area contributed by atoms with Gasteiger partial charge in [0.05, 0.1) is 0 Å². The maximum absolute atomic E-state index is 9.97. The summed E-state index contributed by atoms with van der Waals surface area (Å²) in [4.78, 5) is 26.6. The molecule has 0 aliphatic heterocycles. The van der Waals surface area contributed by atoms with E-state index in [1.807, 2.05) is 0 Å². The second-order valence-corrected chi connectivity index (χ2v) is 2.15. The number of nitrogens with zero attached hydrogens (tertiary/aromatic N) is 2. The summed E-state index contributed by atoms with van der Waals surface area (Å²) in [5.74, 6) is 0. The summed E-state index contributed by atoms with van der Waals surface area (Å²) in [7, 11) is 0. The van der Waals surface area contributed by atoms with Gasteiger partial charge in [-0.15, -0.1) is 0 Å². The summed E-state index contributed by atoms with van der Waals surface area (Å²) >= 11 is 0. The first kappa shape index (κ1) is 8.87. The molecule has 13 heavy (non-hydrogen) atoms. The summed E-state index contributed by atoms with van der Waals surface area (Å²) in [6.45, 7) is 0. The van der Waals surface area contributed by atoms with E-state index in [9.17, 15) is 9.59 Å². The molecule has 0 aliphatic rings. The van der Waals surface area contributed by atoms with E-state index in [4.69, 9.17) is 5.73 Å². The fourth-order valence-corrected chi connectivity index (χ4v) is 0.823. The third kappa shape index (κ3) is 2.10. The Labute approximate surface area is 73.6 Å². The number of hydrogen-bond donors (Lipinski definition) is 1. The predicted molar refractivity (Wildman–Crippen MR) is 46.4 cm³/mol. The van der Waals surface area contributed by atoms with Gasteiger partial charge in [-0.2, -0.15) is 9.98 Å². The SMILES string of the molecule is Nc1ccc(N=C=O)c(N=C=O)c1. The van der Waals surface area contributed by atoms with Crippen molar-refractivity contribution in [1.82, 2.24) is 0 Å². The first-order chi connectivity index (χ1) is 6.27. The van der Waals surface area contributed by atoms with Crippen LogP contribution in [0.25, 0.3) is 0 Å². The molecule has 5 heteroatoms. The van der Waals surface area contributed by atoms with E-state index in [0.717, 1.165) is 0 Å². The van der Waals surface area contributed by atoms with Crippen molar-refractivity contribution in [2.45, 2.75) is 0 Å². The molecule has 0 radical (unpaired) electrons. The Balaban J connectivity index is 3.33. The van der Waals surface area contributed by atoms with Gasteiger partial charge in [0.15, 0.2) is 0 Å². The Morgan fingerprint density at radius 3 is 2.31 bits per heavy atom. The zero-order valence-corrected chi connectivity index (χ0v) is 6.52. The van der Waals surface area contributed by atoms with Gasteiger partial charge < -0.3 is 5.73 Å². The lowest BCUT2D eigenvalue weighted by atomic mass is 10.2. The van der Waals surface area contributed by atoms with Gasteiger partial charge in [-0.25, -0.2) is 9.59 Å². The number of isocyanates is 2. The van der Waals surface area contributed by atoms with Crippen molar-refractivity contribution in [3.8, 4) is 0 Å². The van der Waals surface area contributed by atoms with Crippen LogP contribution in [-0.2, 0) is 9.59 Å². The summed E-state index contributed by atoms with van der Waals surface area (Å²) in [5.41, 5.74) is 6.30. The van der Waals surface area contributed by atoms with Crippen LogP contribution < -0.4 is 5.73 Å². The Hall–Kier alpha value is -2.22. The monoisotopic (exact) mass is 175 g/mol. The summed E-state index contributed by atoms with van der Waals surface area (Å²) < 4.78 is 0. The molecule has 0 atom stereocenters. The summed E-state index contributed by atoms with van der Waals surface area (Å²) in [6.07, 6.45) is 2.69. The standard InChI is InChI=1S/C8H5N3O2/c9-6-1-2-7(10-4-12)8(3-6)11-5-13/h1-3H,9H2. The molecule has 0 unspecified atom stereocenters. The molecule has 0 aliphatic carbocycles. The molecule has 0 saturated heterocycles. The minimum atomic E-state index is 0.207. The molecule has 2 N–H and O–H groups in total. The molecular weight excluding hydrogens is 170 g/mol. The molecule has 0 aromatic heterocycles.